The zero-order valence-electron chi connectivity index (χ0n) is 6.84. The summed E-state index contributed by atoms with van der Waals surface area (Å²) in [5.41, 5.74) is 5.92. The molecule has 1 aromatic rings. The molecule has 0 fully saturated rings. The second-order valence-corrected chi connectivity index (χ2v) is 2.81. The van der Waals surface area contributed by atoms with Crippen molar-refractivity contribution in [2.24, 2.45) is 5.73 Å². The first-order valence-electron chi connectivity index (χ1n) is 3.49. The molecule has 13 heavy (non-hydrogen) atoms. The van der Waals surface area contributed by atoms with Gasteiger partial charge in [-0.15, -0.1) is 19.0 Å². The lowest BCUT2D eigenvalue weighted by Gasteiger charge is -2.07. The molecule has 0 aliphatic carbocycles. The average Bonchev–Trinajstić information content (AvgIpc) is 2.08. The fraction of sp³-hybridized carbons (Fsp3) is 0.111. The molecule has 0 aromatic heterocycles. The second kappa shape index (κ2) is 5.22. The van der Waals surface area contributed by atoms with Gasteiger partial charge in [-0.25, -0.2) is 4.39 Å². The lowest BCUT2D eigenvalue weighted by Crippen LogP contribution is -2.08. The minimum absolute atomic E-state index is 0. The summed E-state index contributed by atoms with van der Waals surface area (Å²) in [6, 6.07) is 4.23. The van der Waals surface area contributed by atoms with E-state index in [9.17, 15) is 4.39 Å². The second-order valence-electron chi connectivity index (χ2n) is 2.40. The topological polar surface area (TPSA) is 26.0 Å². The molecule has 0 aliphatic rings. The number of benzene rings is 1. The molecule has 0 amide bonds. The predicted octanol–water partition coefficient (Wildman–Crippen LogP) is 3.09. The first kappa shape index (κ1) is 12.4. The molecule has 4 heteroatoms. The lowest BCUT2D eigenvalue weighted by atomic mass is 10.1. The maximum atomic E-state index is 13.2. The lowest BCUT2D eigenvalue weighted by molar-refractivity contribution is 0.603. The Morgan fingerprint density at radius 3 is 2.69 bits per heavy atom. The molecular formula is C9H10Cl2FN. The van der Waals surface area contributed by atoms with Crippen molar-refractivity contribution in [3.63, 3.8) is 0 Å². The summed E-state index contributed by atoms with van der Waals surface area (Å²) in [6.07, 6.45) is 1.47. The molecule has 72 valence electrons. The van der Waals surface area contributed by atoms with Crippen LogP contribution in [0.5, 0.6) is 0 Å². The van der Waals surface area contributed by atoms with E-state index in [0.29, 0.717) is 5.56 Å². The Balaban J connectivity index is 0.00000144. The molecule has 0 saturated heterocycles. The van der Waals surface area contributed by atoms with Gasteiger partial charge >= 0.3 is 0 Å². The van der Waals surface area contributed by atoms with Crippen LogP contribution in [-0.2, 0) is 0 Å². The van der Waals surface area contributed by atoms with Gasteiger partial charge in [0.15, 0.2) is 0 Å². The first-order chi connectivity index (χ1) is 5.66. The Kier molecular flexibility index (Phi) is 4.99. The summed E-state index contributed by atoms with van der Waals surface area (Å²) in [7, 11) is 0. The maximum Gasteiger partial charge on any atom is 0.146 e. The highest BCUT2D eigenvalue weighted by Crippen LogP contribution is 2.22. The first-order valence-corrected chi connectivity index (χ1v) is 3.86. The highest BCUT2D eigenvalue weighted by molar-refractivity contribution is 6.30. The Morgan fingerprint density at radius 2 is 2.15 bits per heavy atom. The van der Waals surface area contributed by atoms with Crippen LogP contribution < -0.4 is 5.73 Å². The number of halogens is 3. The third kappa shape index (κ3) is 2.69. The summed E-state index contributed by atoms with van der Waals surface area (Å²) < 4.78 is 13.2. The Morgan fingerprint density at radius 1 is 1.54 bits per heavy atom. The van der Waals surface area contributed by atoms with Crippen LogP contribution in [0.3, 0.4) is 0 Å². The van der Waals surface area contributed by atoms with E-state index in [1.54, 1.807) is 12.1 Å². The van der Waals surface area contributed by atoms with Gasteiger partial charge in [-0.1, -0.05) is 29.8 Å². The van der Waals surface area contributed by atoms with Crippen molar-refractivity contribution in [1.29, 1.82) is 0 Å². The molecule has 0 spiro atoms. The molecule has 1 atom stereocenters. The van der Waals surface area contributed by atoms with Gasteiger partial charge in [0.1, 0.15) is 5.82 Å². The van der Waals surface area contributed by atoms with Gasteiger partial charge in [0.2, 0.25) is 0 Å². The summed E-state index contributed by atoms with van der Waals surface area (Å²) in [5, 5.41) is 0.0878. The third-order valence-electron chi connectivity index (χ3n) is 1.59. The molecule has 0 saturated carbocycles. The van der Waals surface area contributed by atoms with Crippen molar-refractivity contribution < 1.29 is 4.39 Å². The Hall–Kier alpha value is -0.570. The van der Waals surface area contributed by atoms with E-state index in [-0.39, 0.29) is 17.4 Å². The van der Waals surface area contributed by atoms with Gasteiger partial charge in [-0.3, -0.25) is 0 Å². The van der Waals surface area contributed by atoms with Gasteiger partial charge in [0.05, 0.1) is 11.1 Å². The summed E-state index contributed by atoms with van der Waals surface area (Å²) in [5.74, 6) is -0.466. The number of hydrogen-bond acceptors (Lipinski definition) is 1. The molecule has 2 N–H and O–H groups in total. The van der Waals surface area contributed by atoms with E-state index < -0.39 is 11.9 Å². The molecule has 1 rings (SSSR count). The summed E-state index contributed by atoms with van der Waals surface area (Å²) in [4.78, 5) is 0. The minimum Gasteiger partial charge on any atom is -0.321 e. The molecule has 0 bridgehead atoms. The SMILES string of the molecule is C=C[C@H](N)c1cccc(Cl)c1F.Cl. The van der Waals surface area contributed by atoms with E-state index in [4.69, 9.17) is 17.3 Å². The van der Waals surface area contributed by atoms with E-state index in [0.717, 1.165) is 0 Å². The van der Waals surface area contributed by atoms with Gasteiger partial charge in [-0.2, -0.15) is 0 Å². The standard InChI is InChI=1S/C9H9ClFN.ClH/c1-2-8(12)6-4-3-5-7(10)9(6)11;/h2-5,8H,1,12H2;1H/t8-;/m0./s1. The van der Waals surface area contributed by atoms with Crippen LogP contribution >= 0.6 is 24.0 Å². The minimum atomic E-state index is -0.497. The largest absolute Gasteiger partial charge is 0.321 e. The number of rotatable bonds is 2. The average molecular weight is 222 g/mol. The Labute approximate surface area is 87.8 Å². The quantitative estimate of drug-likeness (QED) is 0.764. The van der Waals surface area contributed by atoms with Crippen LogP contribution in [-0.4, -0.2) is 0 Å². The van der Waals surface area contributed by atoms with E-state index >= 15 is 0 Å². The fourth-order valence-electron chi connectivity index (χ4n) is 0.905. The van der Waals surface area contributed by atoms with E-state index in [1.807, 2.05) is 0 Å². The van der Waals surface area contributed by atoms with Crippen molar-refractivity contribution in [3.8, 4) is 0 Å². The molecule has 0 radical (unpaired) electrons. The molecule has 0 aliphatic heterocycles. The molecule has 1 aromatic carbocycles. The van der Waals surface area contributed by atoms with Crippen LogP contribution in [0.1, 0.15) is 11.6 Å². The van der Waals surface area contributed by atoms with Crippen LogP contribution in [0.25, 0.3) is 0 Å². The third-order valence-corrected chi connectivity index (χ3v) is 1.89. The van der Waals surface area contributed by atoms with Crippen LogP contribution in [0.15, 0.2) is 30.9 Å². The van der Waals surface area contributed by atoms with Crippen LogP contribution in [0.2, 0.25) is 5.02 Å². The smallest absolute Gasteiger partial charge is 0.146 e. The van der Waals surface area contributed by atoms with Gasteiger partial charge in [-0.05, 0) is 6.07 Å². The summed E-state index contributed by atoms with van der Waals surface area (Å²) in [6.45, 7) is 3.47. The zero-order chi connectivity index (χ0) is 9.14. The highest BCUT2D eigenvalue weighted by Gasteiger charge is 2.09. The molecule has 0 heterocycles. The predicted molar refractivity (Wildman–Crippen MR) is 55.8 cm³/mol. The van der Waals surface area contributed by atoms with Gasteiger partial charge in [0, 0.05) is 5.56 Å². The monoisotopic (exact) mass is 221 g/mol. The van der Waals surface area contributed by atoms with Crippen molar-refractivity contribution >= 4 is 24.0 Å². The van der Waals surface area contributed by atoms with E-state index in [2.05, 4.69) is 6.58 Å². The molecule has 1 nitrogen and oxygen atoms in total. The highest BCUT2D eigenvalue weighted by atomic mass is 35.5. The molecular weight excluding hydrogens is 212 g/mol. The van der Waals surface area contributed by atoms with Gasteiger partial charge in [0.25, 0.3) is 0 Å². The van der Waals surface area contributed by atoms with Crippen LogP contribution in [0, 0.1) is 5.82 Å². The fourth-order valence-corrected chi connectivity index (χ4v) is 1.09. The van der Waals surface area contributed by atoms with Crippen molar-refractivity contribution in [2.45, 2.75) is 6.04 Å². The van der Waals surface area contributed by atoms with Crippen molar-refractivity contribution in [1.82, 2.24) is 0 Å². The normalized spacial score (nSPS) is 11.6. The van der Waals surface area contributed by atoms with Crippen molar-refractivity contribution in [3.05, 3.63) is 47.3 Å². The van der Waals surface area contributed by atoms with Gasteiger partial charge < -0.3 is 5.73 Å². The van der Waals surface area contributed by atoms with E-state index in [1.165, 1.54) is 12.1 Å². The zero-order valence-corrected chi connectivity index (χ0v) is 8.41. The molecule has 0 unspecified atom stereocenters. The van der Waals surface area contributed by atoms with Crippen molar-refractivity contribution in [2.75, 3.05) is 0 Å². The number of nitrogens with two attached hydrogens (primary N) is 1. The van der Waals surface area contributed by atoms with Crippen LogP contribution in [0.4, 0.5) is 4.39 Å². The number of hydrogen-bond donors (Lipinski definition) is 1. The maximum absolute atomic E-state index is 13.2. The summed E-state index contributed by atoms with van der Waals surface area (Å²) >= 11 is 5.55. The Bertz CT molecular complexity index is 302.